The fourth-order valence-corrected chi connectivity index (χ4v) is 3.07. The lowest BCUT2D eigenvalue weighted by Gasteiger charge is -2.18. The maximum Gasteiger partial charge on any atom is 0.136 e. The summed E-state index contributed by atoms with van der Waals surface area (Å²) >= 11 is 3.63. The predicted octanol–water partition coefficient (Wildman–Crippen LogP) is 2.76. The summed E-state index contributed by atoms with van der Waals surface area (Å²) in [5.74, 6) is 0.937. The minimum Gasteiger partial charge on any atom is -0.495 e. The summed E-state index contributed by atoms with van der Waals surface area (Å²) < 4.78 is 6.47. The number of nitrogens with two attached hydrogens (primary N) is 1. The lowest BCUT2D eigenvalue weighted by atomic mass is 9.95. The highest BCUT2D eigenvalue weighted by Gasteiger charge is 2.44. The first-order chi connectivity index (χ1) is 7.14. The predicted molar refractivity (Wildman–Crippen MR) is 65.4 cm³/mol. The molecule has 3 heteroatoms. The van der Waals surface area contributed by atoms with E-state index in [0.29, 0.717) is 0 Å². The van der Waals surface area contributed by atoms with E-state index in [9.17, 15) is 0 Å². The van der Waals surface area contributed by atoms with Crippen LogP contribution in [0.15, 0.2) is 16.6 Å². The topological polar surface area (TPSA) is 35.2 Å². The minimum atomic E-state index is 0.208. The van der Waals surface area contributed by atoms with Gasteiger partial charge in [0, 0.05) is 12.0 Å². The van der Waals surface area contributed by atoms with Crippen LogP contribution in [0.4, 0.5) is 0 Å². The molecule has 0 aromatic heterocycles. The molecule has 1 fully saturated rings. The minimum absolute atomic E-state index is 0.208. The molecule has 0 radical (unpaired) electrons. The summed E-state index contributed by atoms with van der Waals surface area (Å²) in [5, 5.41) is 0. The summed E-state index contributed by atoms with van der Waals surface area (Å²) in [6.07, 6.45) is 2.38. The highest BCUT2D eigenvalue weighted by molar-refractivity contribution is 9.10. The number of hydrogen-bond donors (Lipinski definition) is 1. The standard InChI is InChI=1S/C12H16BrNO/c1-8-3-4-9(10(13)11(8)15-2)12(7-14)5-6-12/h3-4H,5-7,14H2,1-2H3. The van der Waals surface area contributed by atoms with Crippen molar-refractivity contribution in [3.63, 3.8) is 0 Å². The SMILES string of the molecule is COc1c(C)ccc(C2(CN)CC2)c1Br. The molecule has 1 saturated carbocycles. The highest BCUT2D eigenvalue weighted by Crippen LogP contribution is 2.51. The third-order valence-electron chi connectivity index (χ3n) is 3.31. The molecule has 1 aliphatic carbocycles. The van der Waals surface area contributed by atoms with Gasteiger partial charge in [0.2, 0.25) is 0 Å². The largest absolute Gasteiger partial charge is 0.495 e. The van der Waals surface area contributed by atoms with Crippen molar-refractivity contribution in [3.8, 4) is 5.75 Å². The molecule has 0 aliphatic heterocycles. The lowest BCUT2D eigenvalue weighted by molar-refractivity contribution is 0.407. The van der Waals surface area contributed by atoms with E-state index >= 15 is 0 Å². The molecule has 15 heavy (non-hydrogen) atoms. The van der Waals surface area contributed by atoms with Crippen LogP contribution in [-0.4, -0.2) is 13.7 Å². The number of ether oxygens (including phenoxy) is 1. The Morgan fingerprint density at radius 3 is 2.60 bits per heavy atom. The van der Waals surface area contributed by atoms with Gasteiger partial charge in [0.1, 0.15) is 5.75 Å². The van der Waals surface area contributed by atoms with E-state index < -0.39 is 0 Å². The number of halogens is 1. The van der Waals surface area contributed by atoms with E-state index in [0.717, 1.165) is 22.3 Å². The maximum absolute atomic E-state index is 5.84. The Kier molecular flexibility index (Phi) is 2.77. The zero-order chi connectivity index (χ0) is 11.1. The van der Waals surface area contributed by atoms with Gasteiger partial charge >= 0.3 is 0 Å². The van der Waals surface area contributed by atoms with Crippen molar-refractivity contribution >= 4 is 15.9 Å². The Balaban J connectivity index is 2.50. The monoisotopic (exact) mass is 269 g/mol. The van der Waals surface area contributed by atoms with Crippen LogP contribution in [-0.2, 0) is 5.41 Å². The second-order valence-electron chi connectivity index (χ2n) is 4.26. The van der Waals surface area contributed by atoms with Crippen molar-refractivity contribution in [3.05, 3.63) is 27.7 Å². The van der Waals surface area contributed by atoms with Crippen LogP contribution in [0.25, 0.3) is 0 Å². The van der Waals surface area contributed by atoms with E-state index in [4.69, 9.17) is 10.5 Å². The van der Waals surface area contributed by atoms with E-state index in [1.165, 1.54) is 18.4 Å². The number of rotatable bonds is 3. The summed E-state index contributed by atoms with van der Waals surface area (Å²) in [5.41, 5.74) is 8.50. The van der Waals surface area contributed by atoms with Gasteiger partial charge < -0.3 is 10.5 Å². The van der Waals surface area contributed by atoms with E-state index in [-0.39, 0.29) is 5.41 Å². The van der Waals surface area contributed by atoms with Gasteiger partial charge in [-0.05, 0) is 46.8 Å². The molecule has 0 atom stereocenters. The third kappa shape index (κ3) is 1.68. The van der Waals surface area contributed by atoms with Crippen molar-refractivity contribution in [1.29, 1.82) is 0 Å². The molecular formula is C12H16BrNO. The first kappa shape index (κ1) is 11.0. The van der Waals surface area contributed by atoms with Crippen molar-refractivity contribution < 1.29 is 4.74 Å². The summed E-state index contributed by atoms with van der Waals surface area (Å²) in [7, 11) is 1.71. The van der Waals surface area contributed by atoms with Gasteiger partial charge in [-0.15, -0.1) is 0 Å². The Morgan fingerprint density at radius 2 is 2.13 bits per heavy atom. The number of methoxy groups -OCH3 is 1. The molecule has 0 spiro atoms. The van der Waals surface area contributed by atoms with Crippen molar-refractivity contribution in [2.75, 3.05) is 13.7 Å². The van der Waals surface area contributed by atoms with Crippen LogP contribution >= 0.6 is 15.9 Å². The van der Waals surface area contributed by atoms with Crippen LogP contribution < -0.4 is 10.5 Å². The van der Waals surface area contributed by atoms with Crippen LogP contribution in [0.2, 0.25) is 0 Å². The Morgan fingerprint density at radius 1 is 1.47 bits per heavy atom. The molecule has 0 unspecified atom stereocenters. The molecule has 2 N–H and O–H groups in total. The third-order valence-corrected chi connectivity index (χ3v) is 4.10. The molecule has 1 aromatic carbocycles. The van der Waals surface area contributed by atoms with Gasteiger partial charge in [-0.25, -0.2) is 0 Å². The van der Waals surface area contributed by atoms with Crippen LogP contribution in [0, 0.1) is 6.92 Å². The lowest BCUT2D eigenvalue weighted by Crippen LogP contribution is -2.20. The average molecular weight is 270 g/mol. The zero-order valence-electron chi connectivity index (χ0n) is 9.14. The second-order valence-corrected chi connectivity index (χ2v) is 5.05. The molecular weight excluding hydrogens is 254 g/mol. The maximum atomic E-state index is 5.84. The zero-order valence-corrected chi connectivity index (χ0v) is 10.7. The number of aryl methyl sites for hydroxylation is 1. The van der Waals surface area contributed by atoms with E-state index in [1.54, 1.807) is 7.11 Å². The first-order valence-electron chi connectivity index (χ1n) is 5.18. The molecule has 0 heterocycles. The fourth-order valence-electron chi connectivity index (χ4n) is 2.05. The van der Waals surface area contributed by atoms with Gasteiger partial charge in [0.25, 0.3) is 0 Å². The van der Waals surface area contributed by atoms with Gasteiger partial charge in [-0.2, -0.15) is 0 Å². The van der Waals surface area contributed by atoms with E-state index in [1.807, 2.05) is 0 Å². The van der Waals surface area contributed by atoms with Gasteiger partial charge in [-0.3, -0.25) is 0 Å². The molecule has 2 nitrogen and oxygen atoms in total. The van der Waals surface area contributed by atoms with Crippen molar-refractivity contribution in [1.82, 2.24) is 0 Å². The second kappa shape index (κ2) is 3.80. The van der Waals surface area contributed by atoms with Crippen molar-refractivity contribution in [2.45, 2.75) is 25.2 Å². The number of benzene rings is 1. The van der Waals surface area contributed by atoms with Gasteiger partial charge in [-0.1, -0.05) is 12.1 Å². The molecule has 0 saturated heterocycles. The smallest absolute Gasteiger partial charge is 0.136 e. The summed E-state index contributed by atoms with van der Waals surface area (Å²) in [6, 6.07) is 4.27. The fraction of sp³-hybridized carbons (Fsp3) is 0.500. The number of hydrogen-bond acceptors (Lipinski definition) is 2. The van der Waals surface area contributed by atoms with Gasteiger partial charge in [0.15, 0.2) is 0 Å². The van der Waals surface area contributed by atoms with E-state index in [2.05, 4.69) is 35.0 Å². The molecule has 0 amide bonds. The summed E-state index contributed by atoms with van der Waals surface area (Å²) in [6.45, 7) is 2.77. The first-order valence-corrected chi connectivity index (χ1v) is 5.97. The Bertz CT molecular complexity index is 385. The normalized spacial score (nSPS) is 17.6. The summed E-state index contributed by atoms with van der Waals surface area (Å²) in [4.78, 5) is 0. The Labute approximate surface area is 98.9 Å². The van der Waals surface area contributed by atoms with Crippen LogP contribution in [0.5, 0.6) is 5.75 Å². The van der Waals surface area contributed by atoms with Crippen LogP contribution in [0.3, 0.4) is 0 Å². The molecule has 1 aromatic rings. The quantitative estimate of drug-likeness (QED) is 0.916. The van der Waals surface area contributed by atoms with Gasteiger partial charge in [0.05, 0.1) is 11.6 Å². The molecule has 82 valence electrons. The molecule has 1 aliphatic rings. The highest BCUT2D eigenvalue weighted by atomic mass is 79.9. The Hall–Kier alpha value is -0.540. The van der Waals surface area contributed by atoms with Crippen molar-refractivity contribution in [2.24, 2.45) is 5.73 Å². The van der Waals surface area contributed by atoms with Crippen LogP contribution in [0.1, 0.15) is 24.0 Å². The molecule has 0 bridgehead atoms. The average Bonchev–Trinajstić information content (AvgIpc) is 2.99. The molecule has 2 rings (SSSR count).